The fourth-order valence-electron chi connectivity index (χ4n) is 3.81. The zero-order chi connectivity index (χ0) is 21.5. The average molecular weight is 422 g/mol. The van der Waals surface area contributed by atoms with Crippen LogP contribution in [-0.4, -0.2) is 42.0 Å². The molecule has 1 aliphatic rings. The van der Waals surface area contributed by atoms with Crippen LogP contribution < -0.4 is 10.6 Å². The SMILES string of the molecule is Cc1cc(C)n(-c2ccccc2CN=C(NCCc2ccco2)NCC2CCOC2)n1. The minimum absolute atomic E-state index is 0.527. The van der Waals surface area contributed by atoms with Gasteiger partial charge in [-0.05, 0) is 50.1 Å². The number of rotatable bonds is 8. The molecule has 7 heteroatoms. The number of aliphatic imine (C=N–C) groups is 1. The topological polar surface area (TPSA) is 76.6 Å². The summed E-state index contributed by atoms with van der Waals surface area (Å²) >= 11 is 0. The van der Waals surface area contributed by atoms with Gasteiger partial charge in [-0.2, -0.15) is 5.10 Å². The maximum absolute atomic E-state index is 5.50. The lowest BCUT2D eigenvalue weighted by Crippen LogP contribution is -2.41. The van der Waals surface area contributed by atoms with Crippen LogP contribution in [0.5, 0.6) is 0 Å². The number of nitrogens with one attached hydrogen (secondary N) is 2. The third-order valence-corrected chi connectivity index (χ3v) is 5.46. The highest BCUT2D eigenvalue weighted by Crippen LogP contribution is 2.18. The Kier molecular flexibility index (Phi) is 7.04. The molecule has 0 radical (unpaired) electrons. The average Bonchev–Trinajstić information content (AvgIpc) is 3.53. The molecule has 1 fully saturated rings. The lowest BCUT2D eigenvalue weighted by molar-refractivity contribution is 0.186. The van der Waals surface area contributed by atoms with Gasteiger partial charge >= 0.3 is 0 Å². The van der Waals surface area contributed by atoms with E-state index in [2.05, 4.69) is 40.9 Å². The number of ether oxygens (including phenoxy) is 1. The largest absolute Gasteiger partial charge is 0.469 e. The molecule has 164 valence electrons. The molecule has 4 rings (SSSR count). The summed E-state index contributed by atoms with van der Waals surface area (Å²) in [5.41, 5.74) is 4.32. The van der Waals surface area contributed by atoms with E-state index in [0.717, 1.165) is 73.5 Å². The molecular formula is C24H31N5O2. The molecule has 0 bridgehead atoms. The number of hydrogen-bond acceptors (Lipinski definition) is 4. The Balaban J connectivity index is 1.46. The molecule has 1 unspecified atom stereocenters. The second-order valence-corrected chi connectivity index (χ2v) is 8.00. The Morgan fingerprint density at radius 3 is 2.84 bits per heavy atom. The molecule has 3 heterocycles. The first-order chi connectivity index (χ1) is 15.2. The van der Waals surface area contributed by atoms with E-state index in [4.69, 9.17) is 14.1 Å². The van der Waals surface area contributed by atoms with Crippen LogP contribution in [-0.2, 0) is 17.7 Å². The van der Waals surface area contributed by atoms with Crippen LogP contribution in [0.4, 0.5) is 0 Å². The first kappa shape index (κ1) is 21.2. The zero-order valence-electron chi connectivity index (χ0n) is 18.3. The van der Waals surface area contributed by atoms with Gasteiger partial charge < -0.3 is 19.8 Å². The van der Waals surface area contributed by atoms with Crippen molar-refractivity contribution in [3.8, 4) is 5.69 Å². The minimum atomic E-state index is 0.527. The summed E-state index contributed by atoms with van der Waals surface area (Å²) in [4.78, 5) is 4.88. The van der Waals surface area contributed by atoms with Crippen molar-refractivity contribution in [2.24, 2.45) is 10.9 Å². The van der Waals surface area contributed by atoms with E-state index >= 15 is 0 Å². The van der Waals surface area contributed by atoms with Gasteiger partial charge in [0.2, 0.25) is 0 Å². The van der Waals surface area contributed by atoms with Gasteiger partial charge in [0.1, 0.15) is 5.76 Å². The van der Waals surface area contributed by atoms with Gasteiger partial charge in [0.05, 0.1) is 30.8 Å². The number of aryl methyl sites for hydroxylation is 2. The van der Waals surface area contributed by atoms with Crippen molar-refractivity contribution in [3.63, 3.8) is 0 Å². The summed E-state index contributed by atoms with van der Waals surface area (Å²) < 4.78 is 12.9. The van der Waals surface area contributed by atoms with Gasteiger partial charge in [-0.3, -0.25) is 0 Å². The summed E-state index contributed by atoms with van der Waals surface area (Å²) in [5.74, 6) is 2.30. The number of aromatic nitrogens is 2. The highest BCUT2D eigenvalue weighted by molar-refractivity contribution is 5.79. The van der Waals surface area contributed by atoms with Crippen LogP contribution in [0.1, 0.15) is 29.1 Å². The summed E-state index contributed by atoms with van der Waals surface area (Å²) in [5, 5.41) is 11.6. The van der Waals surface area contributed by atoms with Crippen LogP contribution in [0.25, 0.3) is 5.69 Å². The Morgan fingerprint density at radius 1 is 1.19 bits per heavy atom. The van der Waals surface area contributed by atoms with Crippen molar-refractivity contribution < 1.29 is 9.15 Å². The molecule has 0 amide bonds. The molecule has 1 aliphatic heterocycles. The van der Waals surface area contributed by atoms with E-state index in [0.29, 0.717) is 12.5 Å². The van der Waals surface area contributed by atoms with E-state index in [-0.39, 0.29) is 0 Å². The van der Waals surface area contributed by atoms with Crippen molar-refractivity contribution in [1.82, 2.24) is 20.4 Å². The number of furan rings is 1. The van der Waals surface area contributed by atoms with Crippen molar-refractivity contribution in [2.75, 3.05) is 26.3 Å². The normalized spacial score (nSPS) is 16.6. The molecule has 1 atom stereocenters. The Morgan fingerprint density at radius 2 is 2.10 bits per heavy atom. The van der Waals surface area contributed by atoms with Crippen molar-refractivity contribution >= 4 is 5.96 Å². The predicted molar refractivity (Wildman–Crippen MR) is 122 cm³/mol. The Bertz CT molecular complexity index is 987. The van der Waals surface area contributed by atoms with E-state index in [1.54, 1.807) is 6.26 Å². The van der Waals surface area contributed by atoms with Gasteiger partial charge in [-0.15, -0.1) is 0 Å². The van der Waals surface area contributed by atoms with Crippen LogP contribution >= 0.6 is 0 Å². The molecule has 0 spiro atoms. The van der Waals surface area contributed by atoms with E-state index in [1.807, 2.05) is 35.9 Å². The van der Waals surface area contributed by atoms with Crippen LogP contribution in [0.3, 0.4) is 0 Å². The van der Waals surface area contributed by atoms with E-state index in [1.165, 1.54) is 0 Å². The lowest BCUT2D eigenvalue weighted by atomic mass is 10.1. The molecule has 0 aliphatic carbocycles. The Labute approximate surface area is 183 Å². The molecule has 2 N–H and O–H groups in total. The van der Waals surface area contributed by atoms with E-state index in [9.17, 15) is 0 Å². The van der Waals surface area contributed by atoms with Gasteiger partial charge in [0.25, 0.3) is 0 Å². The molecule has 1 saturated heterocycles. The van der Waals surface area contributed by atoms with Crippen molar-refractivity contribution in [1.29, 1.82) is 0 Å². The van der Waals surface area contributed by atoms with Gasteiger partial charge in [-0.1, -0.05) is 18.2 Å². The van der Waals surface area contributed by atoms with Crippen LogP contribution in [0.15, 0.2) is 58.1 Å². The second-order valence-electron chi connectivity index (χ2n) is 8.00. The van der Waals surface area contributed by atoms with Crippen LogP contribution in [0.2, 0.25) is 0 Å². The summed E-state index contributed by atoms with van der Waals surface area (Å²) in [6.45, 7) is 7.92. The number of guanidine groups is 1. The smallest absolute Gasteiger partial charge is 0.191 e. The third-order valence-electron chi connectivity index (χ3n) is 5.46. The first-order valence-electron chi connectivity index (χ1n) is 10.9. The highest BCUT2D eigenvalue weighted by atomic mass is 16.5. The quantitative estimate of drug-likeness (QED) is 0.431. The Hall–Kier alpha value is -3.06. The number of nitrogens with zero attached hydrogens (tertiary/aromatic N) is 3. The standard InChI is InChI=1S/C24H31N5O2/c1-18-14-19(2)29(28-18)23-8-4-3-6-21(23)16-27-24(26-15-20-10-13-30-17-20)25-11-9-22-7-5-12-31-22/h3-8,12,14,20H,9-11,13,15-17H2,1-2H3,(H2,25,26,27). The monoisotopic (exact) mass is 421 g/mol. The molecule has 31 heavy (non-hydrogen) atoms. The molecule has 1 aromatic carbocycles. The van der Waals surface area contributed by atoms with Gasteiger partial charge in [0.15, 0.2) is 5.96 Å². The maximum Gasteiger partial charge on any atom is 0.191 e. The third kappa shape index (κ3) is 5.76. The maximum atomic E-state index is 5.50. The summed E-state index contributed by atoms with van der Waals surface area (Å²) in [6.07, 6.45) is 3.61. The number of benzene rings is 1. The highest BCUT2D eigenvalue weighted by Gasteiger charge is 2.16. The fraction of sp³-hybridized carbons (Fsp3) is 0.417. The second kappa shape index (κ2) is 10.3. The molecule has 7 nitrogen and oxygen atoms in total. The number of hydrogen-bond donors (Lipinski definition) is 2. The lowest BCUT2D eigenvalue weighted by Gasteiger charge is -2.15. The molecule has 2 aromatic heterocycles. The summed E-state index contributed by atoms with van der Waals surface area (Å²) in [7, 11) is 0. The molecule has 3 aromatic rings. The van der Waals surface area contributed by atoms with E-state index < -0.39 is 0 Å². The van der Waals surface area contributed by atoms with Crippen molar-refractivity contribution in [2.45, 2.75) is 33.2 Å². The van der Waals surface area contributed by atoms with Crippen molar-refractivity contribution in [3.05, 3.63) is 71.4 Å². The van der Waals surface area contributed by atoms with Gasteiger partial charge in [0, 0.05) is 37.7 Å². The molecular weight excluding hydrogens is 390 g/mol. The number of para-hydroxylation sites is 1. The van der Waals surface area contributed by atoms with Gasteiger partial charge in [-0.25, -0.2) is 9.67 Å². The zero-order valence-corrected chi connectivity index (χ0v) is 18.3. The summed E-state index contributed by atoms with van der Waals surface area (Å²) in [6, 6.07) is 14.3. The minimum Gasteiger partial charge on any atom is -0.469 e. The fourth-order valence-corrected chi connectivity index (χ4v) is 3.81. The predicted octanol–water partition coefficient (Wildman–Crippen LogP) is 3.40. The van der Waals surface area contributed by atoms with Crippen LogP contribution in [0, 0.1) is 19.8 Å². The first-order valence-corrected chi connectivity index (χ1v) is 10.9. The molecule has 0 saturated carbocycles.